The number of carbonyl (C=O) groups excluding carboxylic acids is 1. The molecule has 0 amide bonds. The summed E-state index contributed by atoms with van der Waals surface area (Å²) in [7, 11) is 0. The lowest BCUT2D eigenvalue weighted by atomic mass is 9.80. The Labute approximate surface area is 166 Å². The molecule has 1 aromatic heterocycles. The Kier molecular flexibility index (Phi) is 10.5. The second-order valence-corrected chi connectivity index (χ2v) is 8.28. The molecule has 1 aliphatic carbocycles. The first-order valence-electron chi connectivity index (χ1n) is 11.4. The van der Waals surface area contributed by atoms with Crippen molar-refractivity contribution in [2.45, 2.75) is 104 Å². The number of unbranched alkanes of at least 4 members (excludes halogenated alkanes) is 6. The predicted octanol–water partition coefficient (Wildman–Crippen LogP) is 6.89. The SMILES string of the molecule is CCCCCCc1ccc(OC(=O)C2CCC(CCCCCC)CC2)cn1. The van der Waals surface area contributed by atoms with Gasteiger partial charge in [-0.15, -0.1) is 0 Å². The summed E-state index contributed by atoms with van der Waals surface area (Å²) < 4.78 is 5.60. The van der Waals surface area contributed by atoms with E-state index in [9.17, 15) is 4.79 Å². The van der Waals surface area contributed by atoms with Crippen molar-refractivity contribution in [3.8, 4) is 5.75 Å². The smallest absolute Gasteiger partial charge is 0.314 e. The number of aromatic nitrogens is 1. The van der Waals surface area contributed by atoms with Gasteiger partial charge in [-0.05, 0) is 56.6 Å². The number of esters is 1. The zero-order chi connectivity index (χ0) is 19.3. The Balaban J connectivity index is 1.66. The van der Waals surface area contributed by atoms with Crippen LogP contribution in [-0.4, -0.2) is 11.0 Å². The van der Waals surface area contributed by atoms with Crippen LogP contribution in [0.4, 0.5) is 0 Å². The van der Waals surface area contributed by atoms with E-state index in [1.807, 2.05) is 12.1 Å². The van der Waals surface area contributed by atoms with E-state index in [1.165, 1.54) is 70.6 Å². The van der Waals surface area contributed by atoms with Gasteiger partial charge in [0.1, 0.15) is 5.75 Å². The average molecular weight is 374 g/mol. The van der Waals surface area contributed by atoms with Gasteiger partial charge in [0.25, 0.3) is 0 Å². The van der Waals surface area contributed by atoms with Crippen LogP contribution in [0.3, 0.4) is 0 Å². The van der Waals surface area contributed by atoms with E-state index in [4.69, 9.17) is 4.74 Å². The van der Waals surface area contributed by atoms with Gasteiger partial charge in [-0.1, -0.05) is 65.2 Å². The molecule has 2 rings (SSSR count). The number of aryl methyl sites for hydroxylation is 1. The van der Waals surface area contributed by atoms with Crippen molar-refractivity contribution in [3.63, 3.8) is 0 Å². The van der Waals surface area contributed by atoms with Gasteiger partial charge in [0.05, 0.1) is 12.1 Å². The number of carbonyl (C=O) groups is 1. The summed E-state index contributed by atoms with van der Waals surface area (Å²) in [6.07, 6.45) is 18.7. The standard InChI is InChI=1S/C24H39NO2/c1-3-5-7-9-11-20-13-15-21(16-14-20)24(26)27-23-18-17-22(25-19-23)12-10-8-6-4-2/h17-21H,3-16H2,1-2H3. The highest BCUT2D eigenvalue weighted by atomic mass is 16.5. The quantitative estimate of drug-likeness (QED) is 0.296. The van der Waals surface area contributed by atoms with Crippen molar-refractivity contribution in [2.75, 3.05) is 0 Å². The molecule has 0 atom stereocenters. The highest BCUT2D eigenvalue weighted by Gasteiger charge is 2.27. The van der Waals surface area contributed by atoms with Crippen LogP contribution in [0.5, 0.6) is 5.75 Å². The first-order valence-corrected chi connectivity index (χ1v) is 11.4. The summed E-state index contributed by atoms with van der Waals surface area (Å²) in [4.78, 5) is 16.9. The number of nitrogens with zero attached hydrogens (tertiary/aromatic N) is 1. The summed E-state index contributed by atoms with van der Waals surface area (Å²) in [6.45, 7) is 4.48. The summed E-state index contributed by atoms with van der Waals surface area (Å²) in [5.74, 6) is 1.43. The second-order valence-electron chi connectivity index (χ2n) is 8.28. The van der Waals surface area contributed by atoms with E-state index < -0.39 is 0 Å². The Morgan fingerprint density at radius 2 is 1.67 bits per heavy atom. The maximum Gasteiger partial charge on any atom is 0.314 e. The van der Waals surface area contributed by atoms with E-state index in [-0.39, 0.29) is 11.9 Å². The molecule has 0 unspecified atom stereocenters. The van der Waals surface area contributed by atoms with Gasteiger partial charge < -0.3 is 4.74 Å². The number of hydrogen-bond donors (Lipinski definition) is 0. The van der Waals surface area contributed by atoms with Crippen molar-refractivity contribution in [1.29, 1.82) is 0 Å². The van der Waals surface area contributed by atoms with Gasteiger partial charge in [-0.25, -0.2) is 0 Å². The molecule has 0 bridgehead atoms. The average Bonchev–Trinajstić information content (AvgIpc) is 2.70. The number of pyridine rings is 1. The van der Waals surface area contributed by atoms with Crippen LogP contribution in [0.2, 0.25) is 0 Å². The van der Waals surface area contributed by atoms with Crippen LogP contribution in [0.25, 0.3) is 0 Å². The number of rotatable bonds is 12. The maximum atomic E-state index is 12.5. The third-order valence-electron chi connectivity index (χ3n) is 5.95. The van der Waals surface area contributed by atoms with E-state index in [0.29, 0.717) is 5.75 Å². The van der Waals surface area contributed by atoms with E-state index in [1.54, 1.807) is 6.20 Å². The molecule has 0 spiro atoms. The minimum atomic E-state index is -0.0584. The van der Waals surface area contributed by atoms with Crippen molar-refractivity contribution < 1.29 is 9.53 Å². The lowest BCUT2D eigenvalue weighted by Gasteiger charge is -2.27. The van der Waals surface area contributed by atoms with Crippen LogP contribution in [0.15, 0.2) is 18.3 Å². The molecule has 0 saturated heterocycles. The van der Waals surface area contributed by atoms with Crippen molar-refractivity contribution in [2.24, 2.45) is 11.8 Å². The third kappa shape index (κ3) is 8.45. The van der Waals surface area contributed by atoms with E-state index in [2.05, 4.69) is 18.8 Å². The zero-order valence-corrected chi connectivity index (χ0v) is 17.5. The Hall–Kier alpha value is -1.38. The highest BCUT2D eigenvalue weighted by Crippen LogP contribution is 2.33. The molecule has 1 saturated carbocycles. The van der Waals surface area contributed by atoms with Crippen molar-refractivity contribution >= 4 is 5.97 Å². The molecule has 27 heavy (non-hydrogen) atoms. The van der Waals surface area contributed by atoms with Gasteiger partial charge in [0.15, 0.2) is 0 Å². The second kappa shape index (κ2) is 12.9. The molecule has 0 N–H and O–H groups in total. The van der Waals surface area contributed by atoms with Crippen LogP contribution in [-0.2, 0) is 11.2 Å². The van der Waals surface area contributed by atoms with E-state index in [0.717, 1.165) is 30.9 Å². The molecule has 152 valence electrons. The normalized spacial score (nSPS) is 19.8. The van der Waals surface area contributed by atoms with Crippen LogP contribution in [0, 0.1) is 11.8 Å². The molecule has 0 radical (unpaired) electrons. The Morgan fingerprint density at radius 1 is 0.963 bits per heavy atom. The topological polar surface area (TPSA) is 39.2 Å². The fourth-order valence-corrected chi connectivity index (χ4v) is 4.10. The summed E-state index contributed by atoms with van der Waals surface area (Å²) in [5.41, 5.74) is 1.09. The molecule has 3 heteroatoms. The van der Waals surface area contributed by atoms with E-state index >= 15 is 0 Å². The molecular weight excluding hydrogens is 334 g/mol. The molecule has 1 heterocycles. The number of hydrogen-bond acceptors (Lipinski definition) is 3. The van der Waals surface area contributed by atoms with Gasteiger partial charge in [0, 0.05) is 5.69 Å². The highest BCUT2D eigenvalue weighted by molar-refractivity contribution is 5.75. The minimum absolute atomic E-state index is 0.0584. The van der Waals surface area contributed by atoms with Gasteiger partial charge >= 0.3 is 5.97 Å². The van der Waals surface area contributed by atoms with Gasteiger partial charge in [0.2, 0.25) is 0 Å². The summed E-state index contributed by atoms with van der Waals surface area (Å²) in [5, 5.41) is 0. The molecule has 1 aromatic rings. The monoisotopic (exact) mass is 373 g/mol. The third-order valence-corrected chi connectivity index (χ3v) is 5.95. The first-order chi connectivity index (χ1) is 13.2. The zero-order valence-electron chi connectivity index (χ0n) is 17.5. The lowest BCUT2D eigenvalue weighted by molar-refractivity contribution is -0.140. The Bertz CT molecular complexity index is 518. The molecule has 3 nitrogen and oxygen atoms in total. The summed E-state index contributed by atoms with van der Waals surface area (Å²) in [6, 6.07) is 3.90. The van der Waals surface area contributed by atoms with Gasteiger partial charge in [-0.2, -0.15) is 0 Å². The Morgan fingerprint density at radius 3 is 2.30 bits per heavy atom. The largest absolute Gasteiger partial charge is 0.425 e. The van der Waals surface area contributed by atoms with Gasteiger partial charge in [-0.3, -0.25) is 9.78 Å². The lowest BCUT2D eigenvalue weighted by Crippen LogP contribution is -2.25. The van der Waals surface area contributed by atoms with Crippen LogP contribution < -0.4 is 4.74 Å². The molecule has 1 fully saturated rings. The minimum Gasteiger partial charge on any atom is -0.425 e. The molecular formula is C24H39NO2. The number of ether oxygens (including phenoxy) is 1. The van der Waals surface area contributed by atoms with Crippen molar-refractivity contribution in [1.82, 2.24) is 4.98 Å². The summed E-state index contributed by atoms with van der Waals surface area (Å²) >= 11 is 0. The molecule has 0 aromatic carbocycles. The van der Waals surface area contributed by atoms with Crippen LogP contribution in [0.1, 0.15) is 103 Å². The molecule has 0 aliphatic heterocycles. The molecule has 1 aliphatic rings. The fraction of sp³-hybridized carbons (Fsp3) is 0.750. The maximum absolute atomic E-state index is 12.5. The first kappa shape index (κ1) is 21.9. The predicted molar refractivity (Wildman–Crippen MR) is 112 cm³/mol. The fourth-order valence-electron chi connectivity index (χ4n) is 4.10. The van der Waals surface area contributed by atoms with Crippen molar-refractivity contribution in [3.05, 3.63) is 24.0 Å². The van der Waals surface area contributed by atoms with Crippen LogP contribution >= 0.6 is 0 Å².